The number of rotatable bonds is 8. The van der Waals surface area contributed by atoms with Crippen LogP contribution in [0, 0.1) is 18.3 Å². The summed E-state index contributed by atoms with van der Waals surface area (Å²) in [5.41, 5.74) is 2.63. The summed E-state index contributed by atoms with van der Waals surface area (Å²) in [6.07, 6.45) is 3.68. The number of hydrogen-bond donors (Lipinski definition) is 2. The van der Waals surface area contributed by atoms with Crippen molar-refractivity contribution in [3.8, 4) is 0 Å². The van der Waals surface area contributed by atoms with Crippen molar-refractivity contribution in [2.75, 3.05) is 13.2 Å². The highest BCUT2D eigenvalue weighted by Crippen LogP contribution is 2.48. The molecule has 0 heterocycles. The molecule has 1 saturated carbocycles. The van der Waals surface area contributed by atoms with Crippen LogP contribution in [-0.4, -0.2) is 24.2 Å². The molecule has 0 saturated heterocycles. The second-order valence-electron chi connectivity index (χ2n) is 6.70. The highest BCUT2D eigenvalue weighted by atomic mass is 16.3. The summed E-state index contributed by atoms with van der Waals surface area (Å²) in [5, 5.41) is 12.4. The number of hydrogen-bond acceptors (Lipinski definition) is 2. The molecule has 2 N–H and O–H groups in total. The van der Waals surface area contributed by atoms with Crippen molar-refractivity contribution in [1.82, 2.24) is 5.32 Å². The Hall–Kier alpha value is -1.35. The molecule has 0 spiro atoms. The molecule has 122 valence electrons. The van der Waals surface area contributed by atoms with Gasteiger partial charge in [-0.3, -0.25) is 4.79 Å². The fourth-order valence-electron chi connectivity index (χ4n) is 3.42. The number of aliphatic hydroxyl groups is 1. The zero-order chi connectivity index (χ0) is 16.2. The van der Waals surface area contributed by atoms with E-state index in [1.165, 1.54) is 11.1 Å². The van der Waals surface area contributed by atoms with Crippen LogP contribution in [-0.2, 0) is 4.79 Å². The van der Waals surface area contributed by atoms with E-state index in [-0.39, 0.29) is 23.8 Å². The van der Waals surface area contributed by atoms with Gasteiger partial charge in [-0.15, -0.1) is 0 Å². The molecule has 2 atom stereocenters. The minimum absolute atomic E-state index is 0.0391. The Morgan fingerprint density at radius 1 is 1.32 bits per heavy atom. The van der Waals surface area contributed by atoms with Gasteiger partial charge in [-0.05, 0) is 55.1 Å². The van der Waals surface area contributed by atoms with E-state index in [9.17, 15) is 9.90 Å². The van der Waals surface area contributed by atoms with E-state index in [0.717, 1.165) is 25.7 Å². The van der Waals surface area contributed by atoms with E-state index in [1.54, 1.807) is 0 Å². The summed E-state index contributed by atoms with van der Waals surface area (Å²) < 4.78 is 0. The van der Waals surface area contributed by atoms with Crippen molar-refractivity contribution in [3.05, 3.63) is 35.4 Å². The summed E-state index contributed by atoms with van der Waals surface area (Å²) in [4.78, 5) is 12.4. The van der Waals surface area contributed by atoms with Gasteiger partial charge in [0.15, 0.2) is 0 Å². The maximum Gasteiger partial charge on any atom is 0.223 e. The molecule has 0 radical (unpaired) electrons. The lowest BCUT2D eigenvalue weighted by Gasteiger charge is -2.31. The lowest BCUT2D eigenvalue weighted by atomic mass is 9.79. The largest absolute Gasteiger partial charge is 0.396 e. The van der Waals surface area contributed by atoms with Gasteiger partial charge in [-0.1, -0.05) is 38.1 Å². The van der Waals surface area contributed by atoms with Gasteiger partial charge in [0.1, 0.15) is 0 Å². The van der Waals surface area contributed by atoms with Crippen LogP contribution in [0.1, 0.15) is 56.6 Å². The molecule has 1 aliphatic rings. The van der Waals surface area contributed by atoms with Crippen LogP contribution in [0.15, 0.2) is 24.3 Å². The Bertz CT molecular complexity index is 508. The maximum atomic E-state index is 12.4. The first-order valence-corrected chi connectivity index (χ1v) is 8.51. The Balaban J connectivity index is 1.91. The Labute approximate surface area is 134 Å². The van der Waals surface area contributed by atoms with E-state index < -0.39 is 0 Å². The average Bonchev–Trinajstić information content (AvgIpc) is 3.32. The first kappa shape index (κ1) is 17.0. The molecular weight excluding hydrogens is 274 g/mol. The summed E-state index contributed by atoms with van der Waals surface area (Å²) in [5.74, 6) is 0.691. The summed E-state index contributed by atoms with van der Waals surface area (Å²) in [6, 6.07) is 8.35. The molecule has 1 aromatic rings. The molecule has 3 nitrogen and oxygen atoms in total. The number of carbonyl (C=O) groups is 1. The number of aryl methyl sites for hydroxylation is 1. The zero-order valence-electron chi connectivity index (χ0n) is 14.1. The fraction of sp³-hybridized carbons (Fsp3) is 0.632. The Morgan fingerprint density at radius 3 is 2.59 bits per heavy atom. The third kappa shape index (κ3) is 3.70. The Morgan fingerprint density at radius 2 is 2.00 bits per heavy atom. The normalized spacial score (nSPS) is 20.7. The van der Waals surface area contributed by atoms with Crippen LogP contribution in [0.3, 0.4) is 0 Å². The summed E-state index contributed by atoms with van der Waals surface area (Å²) >= 11 is 0. The molecule has 22 heavy (non-hydrogen) atoms. The number of nitrogens with one attached hydrogen (secondary N) is 1. The van der Waals surface area contributed by atoms with Gasteiger partial charge in [0.05, 0.1) is 0 Å². The van der Waals surface area contributed by atoms with Gasteiger partial charge in [0, 0.05) is 19.1 Å². The first-order chi connectivity index (χ1) is 10.6. The van der Waals surface area contributed by atoms with Crippen LogP contribution < -0.4 is 5.32 Å². The van der Waals surface area contributed by atoms with E-state index >= 15 is 0 Å². The number of aliphatic hydroxyl groups excluding tert-OH is 1. The highest BCUT2D eigenvalue weighted by Gasteiger charge is 2.44. The van der Waals surface area contributed by atoms with Crippen molar-refractivity contribution in [2.45, 2.75) is 52.4 Å². The number of carbonyl (C=O) groups excluding carboxylic acids is 1. The van der Waals surface area contributed by atoms with E-state index in [0.29, 0.717) is 12.5 Å². The fourth-order valence-corrected chi connectivity index (χ4v) is 3.42. The molecule has 1 fully saturated rings. The molecule has 0 aliphatic heterocycles. The van der Waals surface area contributed by atoms with Crippen molar-refractivity contribution in [2.24, 2.45) is 11.3 Å². The van der Waals surface area contributed by atoms with Crippen LogP contribution in [0.25, 0.3) is 0 Å². The third-order valence-electron chi connectivity index (χ3n) is 5.49. The van der Waals surface area contributed by atoms with Gasteiger partial charge >= 0.3 is 0 Å². The molecule has 1 aliphatic carbocycles. The quantitative estimate of drug-likeness (QED) is 0.773. The van der Waals surface area contributed by atoms with E-state index in [4.69, 9.17) is 0 Å². The molecule has 2 unspecified atom stereocenters. The van der Waals surface area contributed by atoms with Gasteiger partial charge in [0.2, 0.25) is 5.91 Å². The first-order valence-electron chi connectivity index (χ1n) is 8.51. The lowest BCUT2D eigenvalue weighted by molar-refractivity contribution is -0.123. The predicted octanol–water partition coefficient (Wildman–Crippen LogP) is 3.40. The van der Waals surface area contributed by atoms with Crippen LogP contribution in [0.2, 0.25) is 0 Å². The topological polar surface area (TPSA) is 49.3 Å². The molecule has 3 heteroatoms. The molecule has 0 bridgehead atoms. The smallest absolute Gasteiger partial charge is 0.223 e. The monoisotopic (exact) mass is 303 g/mol. The summed E-state index contributed by atoms with van der Waals surface area (Å²) in [7, 11) is 0. The van der Waals surface area contributed by atoms with Crippen LogP contribution >= 0.6 is 0 Å². The molecule has 0 aromatic heterocycles. The van der Waals surface area contributed by atoms with Crippen LogP contribution in [0.4, 0.5) is 0 Å². The second-order valence-corrected chi connectivity index (χ2v) is 6.70. The van der Waals surface area contributed by atoms with E-state index in [2.05, 4.69) is 44.3 Å². The standard InChI is InChI=1S/C19H29NO2/c1-4-19(5-2,10-11-21)13-20-18(22)17-12-16(17)15-9-7-6-8-14(15)3/h6-9,16-17,21H,4-5,10-13H2,1-3H3,(H,20,22). The van der Waals surface area contributed by atoms with Gasteiger partial charge in [-0.2, -0.15) is 0 Å². The zero-order valence-corrected chi connectivity index (χ0v) is 14.1. The predicted molar refractivity (Wildman–Crippen MR) is 89.8 cm³/mol. The van der Waals surface area contributed by atoms with E-state index in [1.807, 2.05) is 6.07 Å². The van der Waals surface area contributed by atoms with Gasteiger partial charge in [-0.25, -0.2) is 0 Å². The minimum Gasteiger partial charge on any atom is -0.396 e. The lowest BCUT2D eigenvalue weighted by Crippen LogP contribution is -2.38. The average molecular weight is 303 g/mol. The summed E-state index contributed by atoms with van der Waals surface area (Å²) in [6.45, 7) is 7.25. The minimum atomic E-state index is 0.0391. The molecular formula is C19H29NO2. The van der Waals surface area contributed by atoms with Gasteiger partial charge in [0.25, 0.3) is 0 Å². The molecule has 1 aromatic carbocycles. The number of amides is 1. The van der Waals surface area contributed by atoms with Crippen molar-refractivity contribution in [1.29, 1.82) is 0 Å². The highest BCUT2D eigenvalue weighted by molar-refractivity contribution is 5.83. The van der Waals surface area contributed by atoms with Crippen LogP contribution in [0.5, 0.6) is 0 Å². The maximum absolute atomic E-state index is 12.4. The van der Waals surface area contributed by atoms with Crippen molar-refractivity contribution >= 4 is 5.91 Å². The third-order valence-corrected chi connectivity index (χ3v) is 5.49. The van der Waals surface area contributed by atoms with Gasteiger partial charge < -0.3 is 10.4 Å². The van der Waals surface area contributed by atoms with Crippen molar-refractivity contribution < 1.29 is 9.90 Å². The second kappa shape index (κ2) is 7.28. The SMILES string of the molecule is CCC(CC)(CCO)CNC(=O)C1CC1c1ccccc1C. The van der Waals surface area contributed by atoms with Crippen molar-refractivity contribution in [3.63, 3.8) is 0 Å². The molecule has 2 rings (SSSR count). The Kier molecular flexibility index (Phi) is 5.63. The number of benzene rings is 1. The molecule has 1 amide bonds.